The molecule has 2 atom stereocenters. The Hall–Kier alpha value is -1.63. The van der Waals surface area contributed by atoms with Crippen molar-refractivity contribution in [1.82, 2.24) is 15.0 Å². The van der Waals surface area contributed by atoms with Gasteiger partial charge >= 0.3 is 0 Å². The first-order valence-corrected chi connectivity index (χ1v) is 7.91. The fraction of sp³-hybridized carbons (Fsp3) is 0.786. The molecule has 114 valence electrons. The van der Waals surface area contributed by atoms with Gasteiger partial charge in [-0.05, 0) is 25.7 Å². The Balaban J connectivity index is 1.62. The lowest BCUT2D eigenvalue weighted by Crippen LogP contribution is -2.43. The van der Waals surface area contributed by atoms with Gasteiger partial charge in [-0.2, -0.15) is 15.0 Å². The number of nitrogens with one attached hydrogen (secondary N) is 1. The van der Waals surface area contributed by atoms with Crippen LogP contribution in [0.1, 0.15) is 25.7 Å². The molecule has 0 radical (unpaired) electrons. The minimum absolute atomic E-state index is 0.341. The molecule has 0 aromatic carbocycles. The summed E-state index contributed by atoms with van der Waals surface area (Å²) in [5.41, 5.74) is 0. The van der Waals surface area contributed by atoms with E-state index in [0.717, 1.165) is 50.9 Å². The largest absolute Gasteiger partial charge is 0.371 e. The number of rotatable bonds is 3. The lowest BCUT2D eigenvalue weighted by Gasteiger charge is -2.32. The number of hydrogen-bond acceptors (Lipinski definition) is 7. The Morgan fingerprint density at radius 3 is 2.19 bits per heavy atom. The van der Waals surface area contributed by atoms with E-state index in [2.05, 4.69) is 25.1 Å². The summed E-state index contributed by atoms with van der Waals surface area (Å²) in [6.07, 6.45) is 5.44. The minimum Gasteiger partial charge on any atom is -0.371 e. The molecular weight excluding hydrogens is 268 g/mol. The Labute approximate surface area is 124 Å². The predicted molar refractivity (Wildman–Crippen MR) is 80.9 cm³/mol. The average molecular weight is 290 g/mol. The SMILES string of the molecule is CNc1nc(N2CCCC2)nc(N2CC3CCC(C2)O3)n1. The monoisotopic (exact) mass is 290 g/mol. The summed E-state index contributed by atoms with van der Waals surface area (Å²) in [5.74, 6) is 2.25. The Morgan fingerprint density at radius 2 is 1.57 bits per heavy atom. The molecule has 1 N–H and O–H groups in total. The molecule has 21 heavy (non-hydrogen) atoms. The molecule has 4 heterocycles. The number of hydrogen-bond donors (Lipinski definition) is 1. The first-order valence-electron chi connectivity index (χ1n) is 7.91. The zero-order chi connectivity index (χ0) is 14.2. The van der Waals surface area contributed by atoms with Gasteiger partial charge in [0.25, 0.3) is 0 Å². The molecule has 0 spiro atoms. The Morgan fingerprint density at radius 1 is 0.952 bits per heavy atom. The van der Waals surface area contributed by atoms with Crippen molar-refractivity contribution in [3.05, 3.63) is 0 Å². The van der Waals surface area contributed by atoms with E-state index in [-0.39, 0.29) is 0 Å². The molecule has 1 aromatic rings. The number of aromatic nitrogens is 3. The second-order valence-electron chi connectivity index (χ2n) is 6.07. The molecule has 4 rings (SSSR count). The zero-order valence-electron chi connectivity index (χ0n) is 12.5. The Bertz CT molecular complexity index is 506. The normalized spacial score (nSPS) is 28.2. The van der Waals surface area contributed by atoms with Crippen LogP contribution < -0.4 is 15.1 Å². The number of morpholine rings is 1. The predicted octanol–water partition coefficient (Wildman–Crippen LogP) is 0.881. The van der Waals surface area contributed by atoms with Gasteiger partial charge in [-0.15, -0.1) is 0 Å². The lowest BCUT2D eigenvalue weighted by molar-refractivity contribution is 0.0299. The van der Waals surface area contributed by atoms with Crippen LogP contribution in [-0.2, 0) is 4.74 Å². The average Bonchev–Trinajstić information content (AvgIpc) is 3.16. The maximum Gasteiger partial charge on any atom is 0.232 e. The topological polar surface area (TPSA) is 66.4 Å². The van der Waals surface area contributed by atoms with Crippen LogP contribution in [0.5, 0.6) is 0 Å². The highest BCUT2D eigenvalue weighted by Crippen LogP contribution is 2.29. The van der Waals surface area contributed by atoms with Crippen molar-refractivity contribution in [3.8, 4) is 0 Å². The van der Waals surface area contributed by atoms with Gasteiger partial charge in [0, 0.05) is 33.2 Å². The van der Waals surface area contributed by atoms with E-state index in [1.807, 2.05) is 7.05 Å². The fourth-order valence-corrected chi connectivity index (χ4v) is 3.44. The smallest absolute Gasteiger partial charge is 0.232 e. The van der Waals surface area contributed by atoms with Crippen LogP contribution in [0.3, 0.4) is 0 Å². The van der Waals surface area contributed by atoms with E-state index in [0.29, 0.717) is 18.2 Å². The van der Waals surface area contributed by atoms with Crippen molar-refractivity contribution >= 4 is 17.8 Å². The maximum absolute atomic E-state index is 5.90. The van der Waals surface area contributed by atoms with Crippen molar-refractivity contribution in [2.75, 3.05) is 48.3 Å². The summed E-state index contributed by atoms with van der Waals surface area (Å²) in [5, 5.41) is 3.06. The highest BCUT2D eigenvalue weighted by Gasteiger charge is 2.35. The standard InChI is InChI=1S/C14H22N6O/c1-15-12-16-13(19-6-2-3-7-19)18-14(17-12)20-8-10-4-5-11(9-20)21-10/h10-11H,2-9H2,1H3,(H,15,16,17,18). The first kappa shape index (κ1) is 13.1. The highest BCUT2D eigenvalue weighted by molar-refractivity contribution is 5.46. The van der Waals surface area contributed by atoms with Crippen molar-refractivity contribution < 1.29 is 4.74 Å². The third-order valence-electron chi connectivity index (χ3n) is 4.55. The van der Waals surface area contributed by atoms with Gasteiger partial charge in [-0.25, -0.2) is 0 Å². The highest BCUT2D eigenvalue weighted by atomic mass is 16.5. The molecule has 2 bridgehead atoms. The second kappa shape index (κ2) is 5.29. The molecule has 7 nitrogen and oxygen atoms in total. The number of ether oxygens (including phenoxy) is 1. The van der Waals surface area contributed by atoms with E-state index >= 15 is 0 Å². The molecule has 3 aliphatic heterocycles. The minimum atomic E-state index is 0.341. The molecule has 2 unspecified atom stereocenters. The van der Waals surface area contributed by atoms with E-state index in [4.69, 9.17) is 9.72 Å². The van der Waals surface area contributed by atoms with Crippen LogP contribution in [0, 0.1) is 0 Å². The third-order valence-corrected chi connectivity index (χ3v) is 4.55. The first-order chi connectivity index (χ1) is 10.3. The van der Waals surface area contributed by atoms with Crippen LogP contribution in [-0.4, -0.2) is 60.4 Å². The quantitative estimate of drug-likeness (QED) is 0.886. The molecule has 0 amide bonds. The van der Waals surface area contributed by atoms with E-state index in [1.54, 1.807) is 0 Å². The van der Waals surface area contributed by atoms with Crippen LogP contribution in [0.2, 0.25) is 0 Å². The van der Waals surface area contributed by atoms with Crippen molar-refractivity contribution in [3.63, 3.8) is 0 Å². The van der Waals surface area contributed by atoms with Crippen molar-refractivity contribution in [2.24, 2.45) is 0 Å². The third kappa shape index (κ3) is 2.50. The fourth-order valence-electron chi connectivity index (χ4n) is 3.44. The summed E-state index contributed by atoms with van der Waals surface area (Å²) in [6, 6.07) is 0. The second-order valence-corrected chi connectivity index (χ2v) is 6.07. The summed E-state index contributed by atoms with van der Waals surface area (Å²) < 4.78 is 5.90. The molecule has 7 heteroatoms. The van der Waals surface area contributed by atoms with Gasteiger partial charge < -0.3 is 19.9 Å². The molecular formula is C14H22N6O. The zero-order valence-corrected chi connectivity index (χ0v) is 12.5. The molecule has 1 aromatic heterocycles. The number of nitrogens with zero attached hydrogens (tertiary/aromatic N) is 5. The van der Waals surface area contributed by atoms with Gasteiger partial charge in [0.2, 0.25) is 17.8 Å². The van der Waals surface area contributed by atoms with E-state index in [1.165, 1.54) is 12.8 Å². The number of fused-ring (bicyclic) bond motifs is 2. The molecule has 0 aliphatic carbocycles. The van der Waals surface area contributed by atoms with Gasteiger partial charge in [0.1, 0.15) is 0 Å². The van der Waals surface area contributed by atoms with Gasteiger partial charge in [-0.3, -0.25) is 0 Å². The summed E-state index contributed by atoms with van der Waals surface area (Å²) in [7, 11) is 1.86. The maximum atomic E-state index is 5.90. The summed E-state index contributed by atoms with van der Waals surface area (Å²) in [4.78, 5) is 18.3. The van der Waals surface area contributed by atoms with Gasteiger partial charge in [0.15, 0.2) is 0 Å². The van der Waals surface area contributed by atoms with Crippen LogP contribution in [0.25, 0.3) is 0 Å². The Kier molecular flexibility index (Phi) is 3.29. The summed E-state index contributed by atoms with van der Waals surface area (Å²) >= 11 is 0. The van der Waals surface area contributed by atoms with Crippen molar-refractivity contribution in [2.45, 2.75) is 37.9 Å². The van der Waals surface area contributed by atoms with Gasteiger partial charge in [-0.1, -0.05) is 0 Å². The molecule has 0 saturated carbocycles. The van der Waals surface area contributed by atoms with Crippen molar-refractivity contribution in [1.29, 1.82) is 0 Å². The lowest BCUT2D eigenvalue weighted by atomic mass is 10.2. The van der Waals surface area contributed by atoms with Crippen LogP contribution >= 0.6 is 0 Å². The van der Waals surface area contributed by atoms with E-state index < -0.39 is 0 Å². The number of anilines is 3. The summed E-state index contributed by atoms with van der Waals surface area (Å²) in [6.45, 7) is 3.87. The van der Waals surface area contributed by atoms with E-state index in [9.17, 15) is 0 Å². The van der Waals surface area contributed by atoms with Crippen LogP contribution in [0.4, 0.5) is 17.8 Å². The molecule has 3 fully saturated rings. The molecule has 3 aliphatic rings. The molecule has 3 saturated heterocycles. The van der Waals surface area contributed by atoms with Crippen LogP contribution in [0.15, 0.2) is 0 Å². The van der Waals surface area contributed by atoms with Gasteiger partial charge in [0.05, 0.1) is 12.2 Å².